The van der Waals surface area contributed by atoms with Gasteiger partial charge in [0.2, 0.25) is 0 Å². The predicted octanol–water partition coefficient (Wildman–Crippen LogP) is 1.48. The van der Waals surface area contributed by atoms with Crippen LogP contribution in [0, 0.1) is 6.92 Å². The summed E-state index contributed by atoms with van der Waals surface area (Å²) in [6.45, 7) is 1.71. The number of aliphatic hydroxyl groups excluding tert-OH is 2. The zero-order valence-corrected chi connectivity index (χ0v) is 12.7. The van der Waals surface area contributed by atoms with Crippen LogP contribution < -0.4 is 0 Å². The molecule has 0 saturated heterocycles. The lowest BCUT2D eigenvalue weighted by atomic mass is 10.1. The molecule has 22 heavy (non-hydrogen) atoms. The number of rotatable bonds is 5. The van der Waals surface area contributed by atoms with E-state index in [1.165, 1.54) is 4.90 Å². The Hall–Kier alpha value is -2.24. The second kappa shape index (κ2) is 7.15. The monoisotopic (exact) mass is 300 g/mol. The molecule has 0 aliphatic heterocycles. The van der Waals surface area contributed by atoms with Crippen LogP contribution in [0.5, 0.6) is 0 Å². The Labute approximate surface area is 129 Å². The summed E-state index contributed by atoms with van der Waals surface area (Å²) in [5.74, 6) is -0.206. The normalized spacial score (nSPS) is 12.0. The largest absolute Gasteiger partial charge is 0.394 e. The van der Waals surface area contributed by atoms with Crippen molar-refractivity contribution in [2.75, 3.05) is 20.2 Å². The van der Waals surface area contributed by atoms with Gasteiger partial charge in [-0.25, -0.2) is 0 Å². The summed E-state index contributed by atoms with van der Waals surface area (Å²) in [7, 11) is 1.60. The molecule has 5 heteroatoms. The summed E-state index contributed by atoms with van der Waals surface area (Å²) in [6, 6.07) is 11.1. The fourth-order valence-corrected chi connectivity index (χ4v) is 2.18. The van der Waals surface area contributed by atoms with E-state index in [9.17, 15) is 9.90 Å². The summed E-state index contributed by atoms with van der Waals surface area (Å²) in [6.07, 6.45) is 0.804. The molecule has 0 spiro atoms. The van der Waals surface area contributed by atoms with E-state index in [-0.39, 0.29) is 19.1 Å². The van der Waals surface area contributed by atoms with Gasteiger partial charge in [0, 0.05) is 30.9 Å². The van der Waals surface area contributed by atoms with E-state index in [0.717, 1.165) is 16.8 Å². The summed E-state index contributed by atoms with van der Waals surface area (Å²) in [4.78, 5) is 18.1. The van der Waals surface area contributed by atoms with Gasteiger partial charge in [-0.1, -0.05) is 12.1 Å². The van der Waals surface area contributed by atoms with Gasteiger partial charge < -0.3 is 15.1 Å². The highest BCUT2D eigenvalue weighted by molar-refractivity contribution is 5.95. The van der Waals surface area contributed by atoms with Gasteiger partial charge in [0.05, 0.1) is 18.4 Å². The first-order valence-electron chi connectivity index (χ1n) is 7.08. The van der Waals surface area contributed by atoms with Crippen molar-refractivity contribution >= 4 is 5.91 Å². The minimum absolute atomic E-state index is 0.0856. The van der Waals surface area contributed by atoms with Crippen molar-refractivity contribution in [3.05, 3.63) is 53.7 Å². The number of hydrogen-bond acceptors (Lipinski definition) is 4. The second-order valence-corrected chi connectivity index (χ2v) is 5.32. The molecule has 1 aromatic carbocycles. The lowest BCUT2D eigenvalue weighted by Gasteiger charge is -2.20. The molecule has 1 amide bonds. The van der Waals surface area contributed by atoms with Crippen LogP contribution in [-0.4, -0.2) is 52.3 Å². The van der Waals surface area contributed by atoms with Crippen LogP contribution in [0.4, 0.5) is 0 Å². The van der Waals surface area contributed by atoms with Crippen molar-refractivity contribution in [1.82, 2.24) is 9.88 Å². The summed E-state index contributed by atoms with van der Waals surface area (Å²) < 4.78 is 0. The molecule has 0 aliphatic carbocycles. The number of pyridine rings is 1. The highest BCUT2D eigenvalue weighted by Gasteiger charge is 2.15. The highest BCUT2D eigenvalue weighted by atomic mass is 16.3. The van der Waals surface area contributed by atoms with Gasteiger partial charge in [-0.3, -0.25) is 9.78 Å². The van der Waals surface area contributed by atoms with Gasteiger partial charge in [-0.2, -0.15) is 0 Å². The number of aryl methyl sites for hydroxylation is 1. The smallest absolute Gasteiger partial charge is 0.253 e. The van der Waals surface area contributed by atoms with Crippen molar-refractivity contribution in [2.45, 2.75) is 13.0 Å². The van der Waals surface area contributed by atoms with Gasteiger partial charge in [-0.15, -0.1) is 0 Å². The Morgan fingerprint density at radius 3 is 2.77 bits per heavy atom. The fourth-order valence-electron chi connectivity index (χ4n) is 2.18. The van der Waals surface area contributed by atoms with E-state index in [2.05, 4.69) is 4.98 Å². The maximum Gasteiger partial charge on any atom is 0.253 e. The van der Waals surface area contributed by atoms with Crippen molar-refractivity contribution in [2.24, 2.45) is 0 Å². The van der Waals surface area contributed by atoms with Crippen LogP contribution in [0.2, 0.25) is 0 Å². The third-order valence-corrected chi connectivity index (χ3v) is 3.36. The molecule has 0 saturated carbocycles. The molecule has 0 fully saturated rings. The first-order valence-corrected chi connectivity index (χ1v) is 7.08. The lowest BCUT2D eigenvalue weighted by Crippen LogP contribution is -2.35. The standard InChI is InChI=1S/C17H20N2O3/c1-12-6-7-18-16(8-12)13-4-3-5-14(9-13)17(22)19(2)10-15(21)11-20/h3-9,15,20-21H,10-11H2,1-2H3. The maximum atomic E-state index is 12.4. The third kappa shape index (κ3) is 3.90. The van der Waals surface area contributed by atoms with E-state index >= 15 is 0 Å². The second-order valence-electron chi connectivity index (χ2n) is 5.32. The fraction of sp³-hybridized carbons (Fsp3) is 0.294. The van der Waals surface area contributed by atoms with Crippen molar-refractivity contribution in [3.63, 3.8) is 0 Å². The van der Waals surface area contributed by atoms with Gasteiger partial charge in [0.15, 0.2) is 0 Å². The Morgan fingerprint density at radius 2 is 2.09 bits per heavy atom. The van der Waals surface area contributed by atoms with Gasteiger partial charge in [0.1, 0.15) is 0 Å². The van der Waals surface area contributed by atoms with Crippen molar-refractivity contribution < 1.29 is 15.0 Å². The summed E-state index contributed by atoms with van der Waals surface area (Å²) in [5, 5.41) is 18.3. The molecule has 0 radical (unpaired) electrons. The summed E-state index contributed by atoms with van der Waals surface area (Å²) >= 11 is 0. The molecule has 1 aromatic heterocycles. The van der Waals surface area contributed by atoms with E-state index in [4.69, 9.17) is 5.11 Å². The predicted molar refractivity (Wildman–Crippen MR) is 84.5 cm³/mol. The molecule has 1 atom stereocenters. The number of nitrogens with zero attached hydrogens (tertiary/aromatic N) is 2. The average Bonchev–Trinajstić information content (AvgIpc) is 2.54. The van der Waals surface area contributed by atoms with Crippen LogP contribution in [0.1, 0.15) is 15.9 Å². The molecule has 2 rings (SSSR count). The first-order chi connectivity index (χ1) is 10.5. The first kappa shape index (κ1) is 16.1. The molecule has 0 bridgehead atoms. The van der Waals surface area contributed by atoms with E-state index in [0.29, 0.717) is 5.56 Å². The van der Waals surface area contributed by atoms with Crippen molar-refractivity contribution in [1.29, 1.82) is 0 Å². The van der Waals surface area contributed by atoms with Crippen LogP contribution in [0.3, 0.4) is 0 Å². The van der Waals surface area contributed by atoms with E-state index < -0.39 is 6.10 Å². The number of carbonyl (C=O) groups excluding carboxylic acids is 1. The molecular weight excluding hydrogens is 280 g/mol. The maximum absolute atomic E-state index is 12.4. The molecule has 2 N–H and O–H groups in total. The number of amides is 1. The number of aromatic nitrogens is 1. The van der Waals surface area contributed by atoms with Gasteiger partial charge >= 0.3 is 0 Å². The third-order valence-electron chi connectivity index (χ3n) is 3.36. The Kier molecular flexibility index (Phi) is 5.25. The Balaban J connectivity index is 2.23. The van der Waals surface area contributed by atoms with E-state index in [1.807, 2.05) is 31.2 Å². The zero-order valence-electron chi connectivity index (χ0n) is 12.7. The molecule has 5 nitrogen and oxygen atoms in total. The van der Waals surface area contributed by atoms with E-state index in [1.54, 1.807) is 25.4 Å². The minimum Gasteiger partial charge on any atom is -0.394 e. The Bertz CT molecular complexity index is 658. The number of hydrogen-bond donors (Lipinski definition) is 2. The lowest BCUT2D eigenvalue weighted by molar-refractivity contribution is 0.0520. The summed E-state index contributed by atoms with van der Waals surface area (Å²) in [5.41, 5.74) is 3.30. The van der Waals surface area contributed by atoms with Crippen LogP contribution in [-0.2, 0) is 0 Å². The molecule has 0 aliphatic rings. The average molecular weight is 300 g/mol. The number of carbonyl (C=O) groups is 1. The topological polar surface area (TPSA) is 73.7 Å². The van der Waals surface area contributed by atoms with Crippen LogP contribution >= 0.6 is 0 Å². The van der Waals surface area contributed by atoms with Gasteiger partial charge in [0.25, 0.3) is 5.91 Å². The quantitative estimate of drug-likeness (QED) is 0.877. The molecular formula is C17H20N2O3. The number of aliphatic hydroxyl groups is 2. The number of benzene rings is 1. The van der Waals surface area contributed by atoms with Crippen LogP contribution in [0.25, 0.3) is 11.3 Å². The Morgan fingerprint density at radius 1 is 1.32 bits per heavy atom. The van der Waals surface area contributed by atoms with Gasteiger partial charge in [-0.05, 0) is 36.8 Å². The van der Waals surface area contributed by atoms with Crippen LogP contribution in [0.15, 0.2) is 42.6 Å². The highest BCUT2D eigenvalue weighted by Crippen LogP contribution is 2.19. The molecule has 1 unspecified atom stereocenters. The minimum atomic E-state index is -0.935. The molecule has 2 aromatic rings. The molecule has 1 heterocycles. The zero-order chi connectivity index (χ0) is 16.1. The molecule has 116 valence electrons. The van der Waals surface area contributed by atoms with Crippen molar-refractivity contribution in [3.8, 4) is 11.3 Å². The number of likely N-dealkylation sites (N-methyl/N-ethyl adjacent to an activating group) is 1. The SMILES string of the molecule is Cc1ccnc(-c2cccc(C(=O)N(C)CC(O)CO)c2)c1.